The minimum Gasteiger partial charge on any atom is -0.341 e. The summed E-state index contributed by atoms with van der Waals surface area (Å²) in [6.45, 7) is 4.78. The molecule has 1 aromatic carbocycles. The SMILES string of the molecule is CNC(=O)NCC(C)(C)c1ccc2c(c1)ncn2C. The van der Waals surface area contributed by atoms with Gasteiger partial charge in [0.15, 0.2) is 0 Å². The Bertz CT molecular complexity index is 601. The van der Waals surface area contributed by atoms with Gasteiger partial charge in [-0.15, -0.1) is 0 Å². The molecule has 0 unspecified atom stereocenters. The zero-order chi connectivity index (χ0) is 14.0. The molecule has 1 aromatic heterocycles. The number of nitrogens with zero attached hydrogens (tertiary/aromatic N) is 2. The number of aromatic nitrogens is 2. The van der Waals surface area contributed by atoms with Gasteiger partial charge in [-0.2, -0.15) is 0 Å². The second kappa shape index (κ2) is 4.91. The number of nitrogens with one attached hydrogen (secondary N) is 2. The molecule has 0 atom stereocenters. The van der Waals surface area contributed by atoms with Crippen LogP contribution >= 0.6 is 0 Å². The van der Waals surface area contributed by atoms with E-state index in [1.807, 2.05) is 17.9 Å². The van der Waals surface area contributed by atoms with Gasteiger partial charge in [0.1, 0.15) is 0 Å². The van der Waals surface area contributed by atoms with Gasteiger partial charge in [0.25, 0.3) is 0 Å². The summed E-state index contributed by atoms with van der Waals surface area (Å²) in [5, 5.41) is 5.40. The van der Waals surface area contributed by atoms with Crippen LogP contribution in [0.2, 0.25) is 0 Å². The van der Waals surface area contributed by atoms with Gasteiger partial charge in [-0.25, -0.2) is 9.78 Å². The molecule has 2 N–H and O–H groups in total. The highest BCUT2D eigenvalue weighted by Gasteiger charge is 2.22. The van der Waals surface area contributed by atoms with Gasteiger partial charge < -0.3 is 15.2 Å². The maximum atomic E-state index is 11.3. The predicted octanol–water partition coefficient (Wildman–Crippen LogP) is 1.78. The summed E-state index contributed by atoms with van der Waals surface area (Å²) in [5.74, 6) is 0. The lowest BCUT2D eigenvalue weighted by Crippen LogP contribution is -2.40. The Morgan fingerprint density at radius 3 is 2.84 bits per heavy atom. The zero-order valence-corrected chi connectivity index (χ0v) is 11.8. The van der Waals surface area contributed by atoms with E-state index in [1.165, 1.54) is 0 Å². The Morgan fingerprint density at radius 2 is 2.16 bits per heavy atom. The molecule has 0 saturated heterocycles. The van der Waals surface area contributed by atoms with E-state index < -0.39 is 0 Å². The second-order valence-corrected chi connectivity index (χ2v) is 5.38. The highest BCUT2D eigenvalue weighted by molar-refractivity contribution is 5.76. The fraction of sp³-hybridized carbons (Fsp3) is 0.429. The maximum Gasteiger partial charge on any atom is 0.314 e. The number of benzene rings is 1. The van der Waals surface area contributed by atoms with E-state index in [4.69, 9.17) is 0 Å². The van der Waals surface area contributed by atoms with E-state index in [0.29, 0.717) is 6.54 Å². The maximum absolute atomic E-state index is 11.3. The summed E-state index contributed by atoms with van der Waals surface area (Å²) in [7, 11) is 3.59. The molecule has 2 aromatic rings. The summed E-state index contributed by atoms with van der Waals surface area (Å²) in [6.07, 6.45) is 1.81. The molecular weight excluding hydrogens is 240 g/mol. The number of amides is 2. The van der Waals surface area contributed by atoms with Crippen LogP contribution in [0.4, 0.5) is 4.79 Å². The van der Waals surface area contributed by atoms with Crippen molar-refractivity contribution in [2.45, 2.75) is 19.3 Å². The first-order valence-electron chi connectivity index (χ1n) is 6.31. The van der Waals surface area contributed by atoms with Crippen molar-refractivity contribution in [2.24, 2.45) is 7.05 Å². The molecule has 102 valence electrons. The van der Waals surface area contributed by atoms with Crippen LogP contribution in [-0.2, 0) is 12.5 Å². The molecule has 5 heteroatoms. The monoisotopic (exact) mass is 260 g/mol. The molecule has 5 nitrogen and oxygen atoms in total. The quantitative estimate of drug-likeness (QED) is 0.883. The van der Waals surface area contributed by atoms with Gasteiger partial charge in [-0.3, -0.25) is 0 Å². The van der Waals surface area contributed by atoms with Crippen LogP contribution in [0.1, 0.15) is 19.4 Å². The fourth-order valence-electron chi connectivity index (χ4n) is 2.05. The van der Waals surface area contributed by atoms with Crippen LogP contribution in [0.3, 0.4) is 0 Å². The number of rotatable bonds is 3. The van der Waals surface area contributed by atoms with Crippen LogP contribution in [0, 0.1) is 0 Å². The number of fused-ring (bicyclic) bond motifs is 1. The van der Waals surface area contributed by atoms with Crippen LogP contribution < -0.4 is 10.6 Å². The Labute approximate surface area is 113 Å². The summed E-state index contributed by atoms with van der Waals surface area (Å²) < 4.78 is 1.99. The molecule has 2 amide bonds. The molecule has 0 radical (unpaired) electrons. The van der Waals surface area contributed by atoms with E-state index in [2.05, 4.69) is 47.7 Å². The van der Waals surface area contributed by atoms with Crippen LogP contribution in [0.5, 0.6) is 0 Å². The normalized spacial score (nSPS) is 11.6. The molecular formula is C14H20N4O. The zero-order valence-electron chi connectivity index (χ0n) is 11.8. The fourth-order valence-corrected chi connectivity index (χ4v) is 2.05. The topological polar surface area (TPSA) is 59.0 Å². The van der Waals surface area contributed by atoms with Crippen molar-refractivity contribution in [1.29, 1.82) is 0 Å². The third-order valence-electron chi connectivity index (χ3n) is 3.42. The first kappa shape index (κ1) is 13.4. The molecule has 0 aliphatic rings. The highest BCUT2D eigenvalue weighted by atomic mass is 16.2. The van der Waals surface area contributed by atoms with E-state index in [-0.39, 0.29) is 11.4 Å². The molecule has 0 aliphatic heterocycles. The van der Waals surface area contributed by atoms with E-state index in [1.54, 1.807) is 7.05 Å². The third-order valence-corrected chi connectivity index (χ3v) is 3.42. The molecule has 19 heavy (non-hydrogen) atoms. The lowest BCUT2D eigenvalue weighted by atomic mass is 9.84. The largest absolute Gasteiger partial charge is 0.341 e. The average molecular weight is 260 g/mol. The van der Waals surface area contributed by atoms with Crippen molar-refractivity contribution in [3.05, 3.63) is 30.1 Å². The van der Waals surface area contributed by atoms with Gasteiger partial charge in [-0.1, -0.05) is 19.9 Å². The smallest absolute Gasteiger partial charge is 0.314 e. The van der Waals surface area contributed by atoms with Crippen molar-refractivity contribution in [1.82, 2.24) is 20.2 Å². The lowest BCUT2D eigenvalue weighted by molar-refractivity contribution is 0.240. The van der Waals surface area contributed by atoms with Crippen molar-refractivity contribution >= 4 is 17.1 Å². The molecule has 0 spiro atoms. The Kier molecular flexibility index (Phi) is 3.46. The van der Waals surface area contributed by atoms with Gasteiger partial charge in [0.05, 0.1) is 17.4 Å². The Balaban J connectivity index is 2.24. The van der Waals surface area contributed by atoms with Crippen molar-refractivity contribution in [2.75, 3.05) is 13.6 Å². The number of urea groups is 1. The van der Waals surface area contributed by atoms with Gasteiger partial charge >= 0.3 is 6.03 Å². The molecule has 2 rings (SSSR count). The number of imidazole rings is 1. The minimum absolute atomic E-state index is 0.141. The minimum atomic E-state index is -0.160. The van der Waals surface area contributed by atoms with E-state index in [0.717, 1.165) is 16.6 Å². The Morgan fingerprint density at radius 1 is 1.42 bits per heavy atom. The second-order valence-electron chi connectivity index (χ2n) is 5.38. The van der Waals surface area contributed by atoms with Gasteiger partial charge in [0, 0.05) is 26.1 Å². The highest BCUT2D eigenvalue weighted by Crippen LogP contribution is 2.25. The van der Waals surface area contributed by atoms with Crippen LogP contribution in [0.15, 0.2) is 24.5 Å². The number of hydrogen-bond acceptors (Lipinski definition) is 2. The number of carbonyl (C=O) groups excluding carboxylic acids is 1. The molecule has 1 heterocycles. The summed E-state index contributed by atoms with van der Waals surface area (Å²) in [6, 6.07) is 6.09. The number of aryl methyl sites for hydroxylation is 1. The van der Waals surface area contributed by atoms with Gasteiger partial charge in [-0.05, 0) is 17.7 Å². The van der Waals surface area contributed by atoms with E-state index >= 15 is 0 Å². The summed E-state index contributed by atoms with van der Waals surface area (Å²) in [4.78, 5) is 15.6. The third kappa shape index (κ3) is 2.70. The summed E-state index contributed by atoms with van der Waals surface area (Å²) >= 11 is 0. The van der Waals surface area contributed by atoms with Crippen molar-refractivity contribution < 1.29 is 4.79 Å². The van der Waals surface area contributed by atoms with Crippen molar-refractivity contribution in [3.63, 3.8) is 0 Å². The number of hydrogen-bond donors (Lipinski definition) is 2. The van der Waals surface area contributed by atoms with Gasteiger partial charge in [0.2, 0.25) is 0 Å². The molecule has 0 aliphatic carbocycles. The first-order chi connectivity index (χ1) is 8.94. The van der Waals surface area contributed by atoms with Crippen molar-refractivity contribution in [3.8, 4) is 0 Å². The predicted molar refractivity (Wildman–Crippen MR) is 76.2 cm³/mol. The standard InChI is InChI=1S/C14H20N4O/c1-14(2,8-16-13(19)15-3)10-5-6-12-11(7-10)17-9-18(12)4/h5-7,9H,8H2,1-4H3,(H2,15,16,19). The van der Waals surface area contributed by atoms with Crippen LogP contribution in [-0.4, -0.2) is 29.2 Å². The average Bonchev–Trinajstić information content (AvgIpc) is 2.77. The Hall–Kier alpha value is -2.04. The van der Waals surface area contributed by atoms with E-state index in [9.17, 15) is 4.79 Å². The molecule has 0 saturated carbocycles. The molecule has 0 bridgehead atoms. The molecule has 0 fully saturated rings. The van der Waals surface area contributed by atoms with Crippen LogP contribution in [0.25, 0.3) is 11.0 Å². The lowest BCUT2D eigenvalue weighted by Gasteiger charge is -2.25. The summed E-state index contributed by atoms with van der Waals surface area (Å²) in [5.41, 5.74) is 3.11. The number of carbonyl (C=O) groups is 1. The first-order valence-corrected chi connectivity index (χ1v) is 6.31.